The Labute approximate surface area is 123 Å². The molecule has 0 unspecified atom stereocenters. The molecule has 0 saturated heterocycles. The molecule has 0 saturated carbocycles. The Balaban J connectivity index is 2.10. The first kappa shape index (κ1) is 13.5. The van der Waals surface area contributed by atoms with Crippen molar-refractivity contribution in [1.82, 2.24) is 19.1 Å². The Bertz CT molecular complexity index is 924. The highest BCUT2D eigenvalue weighted by Crippen LogP contribution is 2.22. The lowest BCUT2D eigenvalue weighted by Gasteiger charge is -2.08. The molecule has 3 aromatic rings. The zero-order valence-electron chi connectivity index (χ0n) is 11.3. The van der Waals surface area contributed by atoms with E-state index in [1.54, 1.807) is 0 Å². The molecule has 3 aromatic heterocycles. The van der Waals surface area contributed by atoms with Gasteiger partial charge in [-0.3, -0.25) is 9.36 Å². The molecule has 0 aliphatic rings. The summed E-state index contributed by atoms with van der Waals surface area (Å²) in [6.45, 7) is 2.34. The van der Waals surface area contributed by atoms with Gasteiger partial charge in [0.25, 0.3) is 5.56 Å². The van der Waals surface area contributed by atoms with Crippen molar-refractivity contribution in [1.29, 1.82) is 0 Å². The van der Waals surface area contributed by atoms with Crippen LogP contribution in [0.25, 0.3) is 10.2 Å². The van der Waals surface area contributed by atoms with Gasteiger partial charge in [-0.1, -0.05) is 0 Å². The van der Waals surface area contributed by atoms with Gasteiger partial charge in [0.1, 0.15) is 10.6 Å². The largest absolute Gasteiger partial charge is 0.383 e. The minimum absolute atomic E-state index is 0.0105. The van der Waals surface area contributed by atoms with Crippen LogP contribution in [0.2, 0.25) is 0 Å². The summed E-state index contributed by atoms with van der Waals surface area (Å²) < 4.78 is 2.56. The number of nitrogen functional groups attached to an aromatic ring is 1. The van der Waals surface area contributed by atoms with E-state index in [2.05, 4.69) is 9.97 Å². The SMILES string of the molecule is CCn1ccc(=O)n(Cc2nc(N)c3ccsc3n2)c1=O. The van der Waals surface area contributed by atoms with Crippen LogP contribution in [0.3, 0.4) is 0 Å². The molecule has 0 amide bonds. The van der Waals surface area contributed by atoms with Crippen LogP contribution in [-0.2, 0) is 13.1 Å². The highest BCUT2D eigenvalue weighted by molar-refractivity contribution is 7.16. The van der Waals surface area contributed by atoms with Gasteiger partial charge in [-0.2, -0.15) is 0 Å². The minimum atomic E-state index is -0.377. The van der Waals surface area contributed by atoms with Crippen LogP contribution in [-0.4, -0.2) is 19.1 Å². The normalized spacial score (nSPS) is 11.1. The van der Waals surface area contributed by atoms with E-state index in [1.807, 2.05) is 18.4 Å². The van der Waals surface area contributed by atoms with E-state index in [0.29, 0.717) is 18.2 Å². The maximum atomic E-state index is 12.2. The smallest absolute Gasteiger partial charge is 0.331 e. The van der Waals surface area contributed by atoms with Crippen molar-refractivity contribution in [3.63, 3.8) is 0 Å². The van der Waals surface area contributed by atoms with Crippen LogP contribution in [0.4, 0.5) is 5.82 Å². The third-order valence-electron chi connectivity index (χ3n) is 3.18. The van der Waals surface area contributed by atoms with Crippen molar-refractivity contribution in [2.24, 2.45) is 0 Å². The van der Waals surface area contributed by atoms with Gasteiger partial charge >= 0.3 is 5.69 Å². The summed E-state index contributed by atoms with van der Waals surface area (Å²) in [7, 11) is 0. The zero-order chi connectivity index (χ0) is 15.0. The van der Waals surface area contributed by atoms with Crippen molar-refractivity contribution in [3.8, 4) is 0 Å². The number of thiophene rings is 1. The topological polar surface area (TPSA) is 95.8 Å². The van der Waals surface area contributed by atoms with Crippen LogP contribution in [0.5, 0.6) is 0 Å². The predicted octanol–water partition coefficient (Wildman–Crippen LogP) is 0.665. The molecule has 0 bridgehead atoms. The molecule has 0 spiro atoms. The van der Waals surface area contributed by atoms with Gasteiger partial charge in [-0.05, 0) is 18.4 Å². The highest BCUT2D eigenvalue weighted by atomic mass is 32.1. The van der Waals surface area contributed by atoms with Crippen LogP contribution < -0.4 is 17.0 Å². The number of fused-ring (bicyclic) bond motifs is 1. The second kappa shape index (κ2) is 5.13. The summed E-state index contributed by atoms with van der Waals surface area (Å²) in [6, 6.07) is 3.20. The van der Waals surface area contributed by atoms with Gasteiger partial charge in [0.15, 0.2) is 5.82 Å². The lowest BCUT2D eigenvalue weighted by Crippen LogP contribution is -2.39. The van der Waals surface area contributed by atoms with Crippen LogP contribution in [0.15, 0.2) is 33.3 Å². The highest BCUT2D eigenvalue weighted by Gasteiger charge is 2.10. The van der Waals surface area contributed by atoms with E-state index in [0.717, 1.165) is 14.8 Å². The fraction of sp³-hybridized carbons (Fsp3) is 0.231. The average molecular weight is 303 g/mol. The second-order valence-corrected chi connectivity index (χ2v) is 5.37. The van der Waals surface area contributed by atoms with Crippen molar-refractivity contribution in [2.45, 2.75) is 20.0 Å². The zero-order valence-corrected chi connectivity index (χ0v) is 12.1. The number of aromatic nitrogens is 4. The van der Waals surface area contributed by atoms with Crippen molar-refractivity contribution >= 4 is 27.4 Å². The molecule has 21 heavy (non-hydrogen) atoms. The minimum Gasteiger partial charge on any atom is -0.383 e. The van der Waals surface area contributed by atoms with E-state index in [4.69, 9.17) is 5.73 Å². The van der Waals surface area contributed by atoms with E-state index in [-0.39, 0.29) is 17.8 Å². The molecule has 0 aliphatic carbocycles. The number of hydrogen-bond donors (Lipinski definition) is 1. The summed E-state index contributed by atoms with van der Waals surface area (Å²) >= 11 is 1.44. The summed E-state index contributed by atoms with van der Waals surface area (Å²) in [5, 5.41) is 2.66. The molecule has 108 valence electrons. The average Bonchev–Trinajstić information content (AvgIpc) is 2.92. The molecule has 3 heterocycles. The number of nitrogens with two attached hydrogens (primary N) is 1. The number of nitrogens with zero attached hydrogens (tertiary/aromatic N) is 4. The first-order chi connectivity index (χ1) is 10.1. The Morgan fingerprint density at radius 2 is 2.10 bits per heavy atom. The van der Waals surface area contributed by atoms with Crippen molar-refractivity contribution in [2.75, 3.05) is 5.73 Å². The predicted molar refractivity (Wildman–Crippen MR) is 81.6 cm³/mol. The molecule has 7 nitrogen and oxygen atoms in total. The van der Waals surface area contributed by atoms with Gasteiger partial charge in [-0.15, -0.1) is 11.3 Å². The number of hydrogen-bond acceptors (Lipinski definition) is 6. The second-order valence-electron chi connectivity index (χ2n) is 4.47. The number of anilines is 1. The van der Waals surface area contributed by atoms with E-state index >= 15 is 0 Å². The standard InChI is InChI=1S/C13H13N5O2S/c1-2-17-5-3-10(19)18(13(17)20)7-9-15-11(14)8-4-6-21-12(8)16-9/h3-6H,2,7H2,1H3,(H2,14,15,16). The molecule has 0 aromatic carbocycles. The van der Waals surface area contributed by atoms with Crippen LogP contribution in [0, 0.1) is 0 Å². The van der Waals surface area contributed by atoms with Gasteiger partial charge in [0.05, 0.1) is 11.9 Å². The Morgan fingerprint density at radius 1 is 1.29 bits per heavy atom. The van der Waals surface area contributed by atoms with Gasteiger partial charge < -0.3 is 10.3 Å². The van der Waals surface area contributed by atoms with Gasteiger partial charge in [0, 0.05) is 18.8 Å². The fourth-order valence-electron chi connectivity index (χ4n) is 2.08. The Kier molecular flexibility index (Phi) is 3.30. The molecule has 0 radical (unpaired) electrons. The molecule has 3 rings (SSSR count). The van der Waals surface area contributed by atoms with E-state index < -0.39 is 0 Å². The van der Waals surface area contributed by atoms with Crippen molar-refractivity contribution < 1.29 is 0 Å². The lowest BCUT2D eigenvalue weighted by molar-refractivity contribution is 0.589. The molecule has 0 aliphatic heterocycles. The molecular weight excluding hydrogens is 290 g/mol. The van der Waals surface area contributed by atoms with E-state index in [9.17, 15) is 9.59 Å². The molecule has 0 atom stereocenters. The fourth-order valence-corrected chi connectivity index (χ4v) is 2.87. The Morgan fingerprint density at radius 3 is 2.86 bits per heavy atom. The summed E-state index contributed by atoms with van der Waals surface area (Å²) in [6.07, 6.45) is 1.48. The van der Waals surface area contributed by atoms with Gasteiger partial charge in [0.2, 0.25) is 0 Å². The third-order valence-corrected chi connectivity index (χ3v) is 3.99. The lowest BCUT2D eigenvalue weighted by atomic mass is 10.4. The Hall–Kier alpha value is -2.48. The molecule has 8 heteroatoms. The van der Waals surface area contributed by atoms with Gasteiger partial charge in [-0.25, -0.2) is 14.8 Å². The van der Waals surface area contributed by atoms with Crippen LogP contribution in [0.1, 0.15) is 12.7 Å². The van der Waals surface area contributed by atoms with Crippen LogP contribution >= 0.6 is 11.3 Å². The monoisotopic (exact) mass is 303 g/mol. The molecular formula is C13H13N5O2S. The third kappa shape index (κ3) is 2.33. The van der Waals surface area contributed by atoms with E-state index in [1.165, 1.54) is 28.2 Å². The summed E-state index contributed by atoms with van der Waals surface area (Å²) in [4.78, 5) is 33.3. The maximum absolute atomic E-state index is 12.2. The summed E-state index contributed by atoms with van der Waals surface area (Å²) in [5.74, 6) is 0.714. The first-order valence-electron chi connectivity index (χ1n) is 6.40. The maximum Gasteiger partial charge on any atom is 0.331 e. The number of aryl methyl sites for hydroxylation is 1. The first-order valence-corrected chi connectivity index (χ1v) is 7.28. The van der Waals surface area contributed by atoms with Crippen molar-refractivity contribution in [3.05, 3.63) is 50.4 Å². The molecule has 0 fully saturated rings. The number of rotatable bonds is 3. The quantitative estimate of drug-likeness (QED) is 0.767. The molecule has 2 N–H and O–H groups in total. The summed E-state index contributed by atoms with van der Waals surface area (Å²) in [5.41, 5.74) is 5.12.